The van der Waals surface area contributed by atoms with Crippen molar-refractivity contribution >= 4 is 19.0 Å². The maximum Gasteiger partial charge on any atom is 0.213 e. The van der Waals surface area contributed by atoms with Crippen molar-refractivity contribution in [1.82, 2.24) is 0 Å². The van der Waals surface area contributed by atoms with Gasteiger partial charge in [-0.25, -0.2) is 9.38 Å². The van der Waals surface area contributed by atoms with Gasteiger partial charge in [-0.05, 0) is 37.0 Å². The number of hydrogen-bond donors (Lipinski definition) is 0. The SMILES string of the molecule is CC1=NC(CCc2ccc(-c3ccc(C(=O)c4ccc(C)cc4)cc3F)cc2)(COP(=O)(C(C)(C)C)C(C)(C)C)CO1. The van der Waals surface area contributed by atoms with Crippen LogP contribution in [-0.4, -0.2) is 40.7 Å². The van der Waals surface area contributed by atoms with E-state index in [1.54, 1.807) is 24.3 Å². The lowest BCUT2D eigenvalue weighted by Gasteiger charge is -2.41. The summed E-state index contributed by atoms with van der Waals surface area (Å²) in [6.07, 6.45) is 1.35. The fourth-order valence-electron chi connectivity index (χ4n) is 5.51. The molecule has 0 spiro atoms. The summed E-state index contributed by atoms with van der Waals surface area (Å²) in [4.78, 5) is 17.6. The first-order chi connectivity index (χ1) is 19.5. The highest BCUT2D eigenvalue weighted by molar-refractivity contribution is 7.62. The smallest absolute Gasteiger partial charge is 0.213 e. The predicted octanol–water partition coefficient (Wildman–Crippen LogP) is 9.04. The van der Waals surface area contributed by atoms with Crippen LogP contribution < -0.4 is 0 Å². The lowest BCUT2D eigenvalue weighted by molar-refractivity contribution is 0.103. The fraction of sp³-hybridized carbons (Fsp3) is 0.429. The summed E-state index contributed by atoms with van der Waals surface area (Å²) in [6.45, 7) is 16.2. The van der Waals surface area contributed by atoms with Crippen molar-refractivity contribution in [1.29, 1.82) is 0 Å². The molecule has 0 fully saturated rings. The first-order valence-electron chi connectivity index (χ1n) is 14.5. The minimum Gasteiger partial charge on any atom is -0.479 e. The largest absolute Gasteiger partial charge is 0.479 e. The van der Waals surface area contributed by atoms with Crippen LogP contribution in [0.3, 0.4) is 0 Å². The molecule has 0 amide bonds. The Morgan fingerprint density at radius 2 is 1.52 bits per heavy atom. The van der Waals surface area contributed by atoms with E-state index in [-0.39, 0.29) is 12.4 Å². The van der Waals surface area contributed by atoms with Gasteiger partial charge in [0.25, 0.3) is 0 Å². The summed E-state index contributed by atoms with van der Waals surface area (Å²) in [5, 5.41) is -1.02. The summed E-state index contributed by atoms with van der Waals surface area (Å²) in [5.41, 5.74) is 3.54. The zero-order valence-corrected chi connectivity index (χ0v) is 27.0. The van der Waals surface area contributed by atoms with E-state index in [2.05, 4.69) is 0 Å². The summed E-state index contributed by atoms with van der Waals surface area (Å²) >= 11 is 0. The van der Waals surface area contributed by atoms with E-state index < -0.39 is 29.0 Å². The van der Waals surface area contributed by atoms with Gasteiger partial charge < -0.3 is 9.26 Å². The second-order valence-corrected chi connectivity index (χ2v) is 17.4. The topological polar surface area (TPSA) is 65.0 Å². The Bertz CT molecular complexity index is 1500. The van der Waals surface area contributed by atoms with E-state index in [0.29, 0.717) is 42.0 Å². The predicted molar refractivity (Wildman–Crippen MR) is 170 cm³/mol. The summed E-state index contributed by atoms with van der Waals surface area (Å²) in [7, 11) is -3.05. The first kappa shape index (κ1) is 31.8. The first-order valence-corrected chi connectivity index (χ1v) is 16.1. The third-order valence-electron chi connectivity index (χ3n) is 7.91. The van der Waals surface area contributed by atoms with Crippen molar-refractivity contribution in [2.75, 3.05) is 13.2 Å². The number of carbonyl (C=O) groups excluding carboxylic acids is 1. The van der Waals surface area contributed by atoms with E-state index >= 15 is 4.39 Å². The average molecular weight is 592 g/mol. The van der Waals surface area contributed by atoms with Gasteiger partial charge >= 0.3 is 0 Å². The van der Waals surface area contributed by atoms with Gasteiger partial charge in [0.05, 0.1) is 6.61 Å². The monoisotopic (exact) mass is 591 g/mol. The van der Waals surface area contributed by atoms with Crippen LogP contribution in [-0.2, 0) is 20.2 Å². The number of aryl methyl sites for hydroxylation is 2. The Hall–Kier alpha value is -3.08. The van der Waals surface area contributed by atoms with Crippen molar-refractivity contribution in [3.63, 3.8) is 0 Å². The van der Waals surface area contributed by atoms with Crippen LogP contribution in [0.15, 0.2) is 71.7 Å². The Balaban J connectivity index is 1.47. The van der Waals surface area contributed by atoms with Crippen molar-refractivity contribution in [3.05, 3.63) is 94.8 Å². The number of benzene rings is 3. The molecule has 4 rings (SSSR count). The molecular formula is C35H43FNO4P. The molecular weight excluding hydrogens is 548 g/mol. The number of hydrogen-bond acceptors (Lipinski definition) is 5. The molecule has 3 aromatic rings. The quantitative estimate of drug-likeness (QED) is 0.184. The molecule has 42 heavy (non-hydrogen) atoms. The Labute approximate surface area is 250 Å². The molecule has 7 heteroatoms. The molecule has 3 aromatic carbocycles. The molecule has 0 aromatic heterocycles. The highest BCUT2D eigenvalue weighted by Gasteiger charge is 2.49. The molecule has 224 valence electrons. The lowest BCUT2D eigenvalue weighted by atomic mass is 9.93. The molecule has 0 saturated heterocycles. The van der Waals surface area contributed by atoms with Crippen LogP contribution >= 0.6 is 7.37 Å². The van der Waals surface area contributed by atoms with Gasteiger partial charge in [-0.1, -0.05) is 108 Å². The molecule has 0 aliphatic carbocycles. The third kappa shape index (κ3) is 6.76. The van der Waals surface area contributed by atoms with E-state index in [1.165, 1.54) is 6.07 Å². The van der Waals surface area contributed by atoms with Gasteiger partial charge in [0.15, 0.2) is 11.7 Å². The second-order valence-electron chi connectivity index (χ2n) is 13.4. The number of halogens is 1. The van der Waals surface area contributed by atoms with E-state index in [4.69, 9.17) is 14.3 Å². The van der Waals surface area contributed by atoms with Crippen LogP contribution in [0.5, 0.6) is 0 Å². The molecule has 1 heterocycles. The van der Waals surface area contributed by atoms with Gasteiger partial charge in [-0.3, -0.25) is 9.36 Å². The molecule has 1 unspecified atom stereocenters. The van der Waals surface area contributed by atoms with E-state index in [9.17, 15) is 9.36 Å². The number of ether oxygens (including phenoxy) is 1. The van der Waals surface area contributed by atoms with Crippen LogP contribution in [0.2, 0.25) is 0 Å². The van der Waals surface area contributed by atoms with Gasteiger partial charge in [0.2, 0.25) is 7.37 Å². The Morgan fingerprint density at radius 1 is 0.929 bits per heavy atom. The third-order valence-corrected chi connectivity index (χ3v) is 11.9. The number of rotatable bonds is 9. The highest BCUT2D eigenvalue weighted by Crippen LogP contribution is 2.67. The van der Waals surface area contributed by atoms with E-state index in [1.807, 2.05) is 91.8 Å². The summed E-state index contributed by atoms with van der Waals surface area (Å²) < 4.78 is 41.3. The zero-order valence-electron chi connectivity index (χ0n) is 26.1. The van der Waals surface area contributed by atoms with Crippen LogP contribution in [0.1, 0.15) is 81.9 Å². The maximum absolute atomic E-state index is 15.1. The van der Waals surface area contributed by atoms with Crippen molar-refractivity contribution in [3.8, 4) is 11.1 Å². The van der Waals surface area contributed by atoms with Crippen LogP contribution in [0, 0.1) is 12.7 Å². The molecule has 0 N–H and O–H groups in total. The number of carbonyl (C=O) groups is 1. The second kappa shape index (κ2) is 11.9. The van der Waals surface area contributed by atoms with Crippen LogP contribution in [0.25, 0.3) is 11.1 Å². The van der Waals surface area contributed by atoms with Gasteiger partial charge in [-0.2, -0.15) is 0 Å². The molecule has 1 aliphatic heterocycles. The minimum absolute atomic E-state index is 0.205. The molecule has 1 atom stereocenters. The molecule has 1 aliphatic rings. The fourth-order valence-corrected chi connectivity index (χ4v) is 8.72. The molecule has 0 radical (unpaired) electrons. The number of ketones is 1. The number of aliphatic imine (C=N–C) groups is 1. The normalized spacial score (nSPS) is 17.6. The van der Waals surface area contributed by atoms with Gasteiger partial charge in [0, 0.05) is 33.9 Å². The van der Waals surface area contributed by atoms with Gasteiger partial charge in [0.1, 0.15) is 18.0 Å². The van der Waals surface area contributed by atoms with Crippen LogP contribution in [0.4, 0.5) is 4.39 Å². The van der Waals surface area contributed by atoms with Crippen molar-refractivity contribution in [2.24, 2.45) is 4.99 Å². The Morgan fingerprint density at radius 3 is 2.05 bits per heavy atom. The maximum atomic E-state index is 15.1. The molecule has 5 nitrogen and oxygen atoms in total. The molecule has 0 bridgehead atoms. The highest BCUT2D eigenvalue weighted by atomic mass is 31.2. The standard InChI is InChI=1S/C35H43FNO4P/c1-24-9-13-28(14-10-24)32(38)29-17-18-30(31(36)21-29)27-15-11-26(12-16-27)19-20-35(22-40-25(2)37-35)23-41-42(39,33(3,4)5)34(6,7)8/h9-18,21H,19-20,22-23H2,1-8H3. The average Bonchev–Trinajstić information content (AvgIpc) is 3.30. The van der Waals surface area contributed by atoms with Gasteiger partial charge in [-0.15, -0.1) is 0 Å². The summed E-state index contributed by atoms with van der Waals surface area (Å²) in [5.74, 6) is -0.0363. The Kier molecular flexibility index (Phi) is 9.02. The zero-order chi connectivity index (χ0) is 30.9. The summed E-state index contributed by atoms with van der Waals surface area (Å²) in [6, 6.07) is 19.7. The number of nitrogens with zero attached hydrogens (tertiary/aromatic N) is 1. The van der Waals surface area contributed by atoms with E-state index in [0.717, 1.165) is 16.7 Å². The van der Waals surface area contributed by atoms with Crippen molar-refractivity contribution in [2.45, 2.75) is 84.1 Å². The molecule has 0 saturated carbocycles. The minimum atomic E-state index is -3.05. The lowest BCUT2D eigenvalue weighted by Crippen LogP contribution is -2.38. The van der Waals surface area contributed by atoms with Crippen molar-refractivity contribution < 1.29 is 23.0 Å².